The largest absolute Gasteiger partial charge is 0.457 e. The van der Waals surface area contributed by atoms with E-state index in [0.29, 0.717) is 5.56 Å². The molecule has 2 N–H and O–H groups in total. The molecule has 5 heteroatoms. The second-order valence-corrected chi connectivity index (χ2v) is 3.75. The van der Waals surface area contributed by atoms with E-state index in [2.05, 4.69) is 0 Å². The van der Waals surface area contributed by atoms with E-state index < -0.39 is 18.7 Å². The number of hydrogen-bond acceptors (Lipinski definition) is 4. The van der Waals surface area contributed by atoms with Gasteiger partial charge in [-0.2, -0.15) is 0 Å². The lowest BCUT2D eigenvalue weighted by atomic mass is 10.1. The predicted octanol–water partition coefficient (Wildman–Crippen LogP) is 1.44. The first-order valence-corrected chi connectivity index (χ1v) is 5.46. The summed E-state index contributed by atoms with van der Waals surface area (Å²) >= 11 is 0. The third kappa shape index (κ3) is 4.65. The van der Waals surface area contributed by atoms with Gasteiger partial charge in [0.2, 0.25) is 0 Å². The minimum absolute atomic E-state index is 0.0743. The van der Waals surface area contributed by atoms with Crippen LogP contribution in [0.25, 0.3) is 0 Å². The van der Waals surface area contributed by atoms with E-state index >= 15 is 0 Å². The molecule has 0 saturated carbocycles. The Morgan fingerprint density at radius 1 is 1.39 bits per heavy atom. The van der Waals surface area contributed by atoms with Crippen LogP contribution in [0.2, 0.25) is 0 Å². The molecule has 0 bridgehead atoms. The highest BCUT2D eigenvalue weighted by molar-refractivity contribution is 5.89. The van der Waals surface area contributed by atoms with Crippen LogP contribution in [0.1, 0.15) is 16.8 Å². The van der Waals surface area contributed by atoms with Crippen molar-refractivity contribution in [1.29, 1.82) is 0 Å². The SMILES string of the molecule is O=C(OCC(=CF)CC(O)CO)c1ccccc1. The number of carbonyl (C=O) groups excluding carboxylic acids is 1. The van der Waals surface area contributed by atoms with E-state index in [1.807, 2.05) is 0 Å². The summed E-state index contributed by atoms with van der Waals surface area (Å²) in [6, 6.07) is 8.32. The zero-order valence-corrected chi connectivity index (χ0v) is 9.75. The number of ether oxygens (including phenoxy) is 1. The molecule has 0 aromatic heterocycles. The molecule has 0 spiro atoms. The quantitative estimate of drug-likeness (QED) is 0.754. The van der Waals surface area contributed by atoms with Crippen molar-refractivity contribution in [2.75, 3.05) is 13.2 Å². The lowest BCUT2D eigenvalue weighted by Crippen LogP contribution is -2.16. The molecule has 1 rings (SSSR count). The Hall–Kier alpha value is -1.72. The standard InChI is InChI=1S/C13H15FO4/c14-7-10(6-12(16)8-15)9-18-13(17)11-4-2-1-3-5-11/h1-5,7,12,15-16H,6,8-9H2. The fourth-order valence-electron chi connectivity index (χ4n) is 1.32. The molecule has 1 unspecified atom stereocenters. The zero-order valence-electron chi connectivity index (χ0n) is 9.75. The van der Waals surface area contributed by atoms with Gasteiger partial charge in [-0.15, -0.1) is 0 Å². The van der Waals surface area contributed by atoms with Crippen molar-refractivity contribution in [2.24, 2.45) is 0 Å². The minimum Gasteiger partial charge on any atom is -0.457 e. The monoisotopic (exact) mass is 254 g/mol. The highest BCUT2D eigenvalue weighted by Crippen LogP contribution is 2.09. The van der Waals surface area contributed by atoms with Crippen LogP contribution in [0.3, 0.4) is 0 Å². The van der Waals surface area contributed by atoms with Crippen LogP contribution < -0.4 is 0 Å². The fourth-order valence-corrected chi connectivity index (χ4v) is 1.32. The normalized spacial score (nSPS) is 13.2. The summed E-state index contributed by atoms with van der Waals surface area (Å²) in [5, 5.41) is 17.8. The number of rotatable bonds is 6. The molecule has 98 valence electrons. The number of halogens is 1. The molecular formula is C13H15FO4. The van der Waals surface area contributed by atoms with Gasteiger partial charge in [0, 0.05) is 6.42 Å². The lowest BCUT2D eigenvalue weighted by Gasteiger charge is -2.10. The van der Waals surface area contributed by atoms with Crippen LogP contribution in [0.5, 0.6) is 0 Å². The van der Waals surface area contributed by atoms with Gasteiger partial charge in [0.15, 0.2) is 0 Å². The molecule has 0 fully saturated rings. The molecule has 0 aliphatic carbocycles. The Morgan fingerprint density at radius 2 is 2.06 bits per heavy atom. The smallest absolute Gasteiger partial charge is 0.338 e. The van der Waals surface area contributed by atoms with E-state index in [1.165, 1.54) is 0 Å². The third-order valence-electron chi connectivity index (χ3n) is 2.26. The number of aliphatic hydroxyl groups is 2. The first-order valence-electron chi connectivity index (χ1n) is 5.46. The number of aliphatic hydroxyl groups excluding tert-OH is 2. The van der Waals surface area contributed by atoms with Crippen LogP contribution >= 0.6 is 0 Å². The molecular weight excluding hydrogens is 239 g/mol. The van der Waals surface area contributed by atoms with Crippen molar-refractivity contribution in [3.05, 3.63) is 47.8 Å². The molecule has 18 heavy (non-hydrogen) atoms. The highest BCUT2D eigenvalue weighted by Gasteiger charge is 2.11. The molecule has 1 aromatic carbocycles. The van der Waals surface area contributed by atoms with Gasteiger partial charge in [0.05, 0.1) is 24.6 Å². The van der Waals surface area contributed by atoms with Crippen LogP contribution in [0.15, 0.2) is 42.2 Å². The van der Waals surface area contributed by atoms with Crippen molar-refractivity contribution >= 4 is 5.97 Å². The first-order chi connectivity index (χ1) is 8.67. The molecule has 0 heterocycles. The van der Waals surface area contributed by atoms with Gasteiger partial charge in [0.1, 0.15) is 6.61 Å². The van der Waals surface area contributed by atoms with E-state index in [0.717, 1.165) is 0 Å². The molecule has 4 nitrogen and oxygen atoms in total. The summed E-state index contributed by atoms with van der Waals surface area (Å²) < 4.78 is 17.3. The van der Waals surface area contributed by atoms with Gasteiger partial charge >= 0.3 is 5.97 Å². The Kier molecular flexibility index (Phi) is 6.04. The number of esters is 1. The Balaban J connectivity index is 2.47. The maximum absolute atomic E-state index is 12.5. The van der Waals surface area contributed by atoms with Gasteiger partial charge in [-0.3, -0.25) is 0 Å². The van der Waals surface area contributed by atoms with Gasteiger partial charge in [0.25, 0.3) is 0 Å². The van der Waals surface area contributed by atoms with Crippen LogP contribution in [0.4, 0.5) is 4.39 Å². The topological polar surface area (TPSA) is 66.8 Å². The second-order valence-electron chi connectivity index (χ2n) is 3.75. The summed E-state index contributed by atoms with van der Waals surface area (Å²) in [6.45, 7) is -0.717. The molecule has 1 atom stereocenters. The van der Waals surface area contributed by atoms with Crippen LogP contribution in [-0.2, 0) is 4.74 Å². The molecule has 1 aromatic rings. The molecule has 0 aliphatic heterocycles. The van der Waals surface area contributed by atoms with Gasteiger partial charge in [-0.05, 0) is 17.7 Å². The van der Waals surface area contributed by atoms with Crippen molar-refractivity contribution in [3.63, 3.8) is 0 Å². The molecule has 0 radical (unpaired) electrons. The Labute approximate surface area is 104 Å². The summed E-state index contributed by atoms with van der Waals surface area (Å²) in [5.74, 6) is -0.562. The first kappa shape index (κ1) is 14.3. The molecule has 0 saturated heterocycles. The summed E-state index contributed by atoms with van der Waals surface area (Å²) in [4.78, 5) is 11.5. The van der Waals surface area contributed by atoms with E-state index in [-0.39, 0.29) is 24.9 Å². The summed E-state index contributed by atoms with van der Waals surface area (Å²) in [6.07, 6.45) is -0.853. The van der Waals surface area contributed by atoms with Crippen molar-refractivity contribution in [1.82, 2.24) is 0 Å². The van der Waals surface area contributed by atoms with Gasteiger partial charge < -0.3 is 14.9 Å². The van der Waals surface area contributed by atoms with Crippen molar-refractivity contribution in [3.8, 4) is 0 Å². The third-order valence-corrected chi connectivity index (χ3v) is 2.26. The summed E-state index contributed by atoms with van der Waals surface area (Å²) in [7, 11) is 0. The Bertz CT molecular complexity index is 403. The highest BCUT2D eigenvalue weighted by atomic mass is 19.1. The van der Waals surface area contributed by atoms with Crippen LogP contribution in [-0.4, -0.2) is 35.5 Å². The van der Waals surface area contributed by atoms with Crippen molar-refractivity contribution in [2.45, 2.75) is 12.5 Å². The van der Waals surface area contributed by atoms with E-state index in [9.17, 15) is 9.18 Å². The Morgan fingerprint density at radius 3 is 2.61 bits per heavy atom. The van der Waals surface area contributed by atoms with E-state index in [1.54, 1.807) is 30.3 Å². The maximum Gasteiger partial charge on any atom is 0.338 e. The molecule has 0 aliphatic rings. The maximum atomic E-state index is 12.5. The fraction of sp³-hybridized carbons (Fsp3) is 0.308. The van der Waals surface area contributed by atoms with Gasteiger partial charge in [-0.1, -0.05) is 18.2 Å². The average molecular weight is 254 g/mol. The van der Waals surface area contributed by atoms with E-state index in [4.69, 9.17) is 14.9 Å². The zero-order chi connectivity index (χ0) is 13.4. The molecule has 0 amide bonds. The second kappa shape index (κ2) is 7.58. The lowest BCUT2D eigenvalue weighted by molar-refractivity contribution is 0.0515. The van der Waals surface area contributed by atoms with Crippen LogP contribution in [0, 0.1) is 0 Å². The van der Waals surface area contributed by atoms with Gasteiger partial charge in [-0.25, -0.2) is 9.18 Å². The number of carbonyl (C=O) groups is 1. The summed E-state index contributed by atoms with van der Waals surface area (Å²) in [5.41, 5.74) is 0.485. The number of hydrogen-bond donors (Lipinski definition) is 2. The number of benzene rings is 1. The predicted molar refractivity (Wildman–Crippen MR) is 63.6 cm³/mol. The van der Waals surface area contributed by atoms with Crippen molar-refractivity contribution < 1.29 is 24.1 Å². The average Bonchev–Trinajstić information content (AvgIpc) is 2.43. The minimum atomic E-state index is -1.05.